The number of hydrogen-bond donors (Lipinski definition) is 0. The van der Waals surface area contributed by atoms with E-state index in [4.69, 9.17) is 9.72 Å². The lowest BCUT2D eigenvalue weighted by atomic mass is 9.89. The second-order valence-electron chi connectivity index (χ2n) is 7.08. The molecular weight excluding hydrogens is 382 g/mol. The fraction of sp³-hybridized carbons (Fsp3) is 0.526. The number of amides is 1. The van der Waals surface area contributed by atoms with Crippen molar-refractivity contribution < 1.29 is 9.53 Å². The zero-order chi connectivity index (χ0) is 19.0. The predicted molar refractivity (Wildman–Crippen MR) is 109 cm³/mol. The van der Waals surface area contributed by atoms with E-state index >= 15 is 0 Å². The molecule has 6 nitrogen and oxygen atoms in total. The van der Waals surface area contributed by atoms with Gasteiger partial charge in [-0.3, -0.25) is 9.36 Å². The maximum atomic E-state index is 13.2. The number of fused-ring (bicyclic) bond motifs is 3. The van der Waals surface area contributed by atoms with Gasteiger partial charge in [-0.1, -0.05) is 24.8 Å². The summed E-state index contributed by atoms with van der Waals surface area (Å²) in [6, 6.07) is 0. The summed E-state index contributed by atoms with van der Waals surface area (Å²) in [5.74, 6) is 1.33. The summed E-state index contributed by atoms with van der Waals surface area (Å²) in [7, 11) is 0. The predicted octanol–water partition coefficient (Wildman–Crippen LogP) is 3.31. The van der Waals surface area contributed by atoms with Crippen LogP contribution >= 0.6 is 23.1 Å². The lowest BCUT2D eigenvalue weighted by molar-refractivity contribution is 0.160. The first-order chi connectivity index (χ1) is 13.1. The monoisotopic (exact) mass is 405 g/mol. The van der Waals surface area contributed by atoms with Crippen LogP contribution in [0.3, 0.4) is 0 Å². The van der Waals surface area contributed by atoms with Crippen LogP contribution in [0.2, 0.25) is 0 Å². The molecule has 0 radical (unpaired) electrons. The number of allylic oxidation sites excluding steroid dienone is 1. The van der Waals surface area contributed by atoms with Crippen molar-refractivity contribution in [2.75, 3.05) is 25.4 Å². The molecule has 2 aliphatic rings. The molecule has 2 aromatic heterocycles. The summed E-state index contributed by atoms with van der Waals surface area (Å²) in [5, 5.41) is 1.50. The molecule has 2 aromatic rings. The average molecular weight is 406 g/mol. The van der Waals surface area contributed by atoms with Crippen LogP contribution in [0.5, 0.6) is 0 Å². The van der Waals surface area contributed by atoms with Gasteiger partial charge >= 0.3 is 6.09 Å². The Labute approximate surface area is 166 Å². The van der Waals surface area contributed by atoms with Gasteiger partial charge in [0.25, 0.3) is 5.56 Å². The van der Waals surface area contributed by atoms with Crippen molar-refractivity contribution in [3.05, 3.63) is 33.4 Å². The molecule has 0 saturated carbocycles. The minimum atomic E-state index is -0.262. The van der Waals surface area contributed by atoms with Crippen molar-refractivity contribution in [3.8, 4) is 0 Å². The number of ether oxygens (including phenoxy) is 1. The summed E-state index contributed by atoms with van der Waals surface area (Å²) in [6.07, 6.45) is 4.60. The molecule has 27 heavy (non-hydrogen) atoms. The standard InChI is InChI=1S/C19H23N3O3S2/c1-3-6-22-17(23)15-13-5-4-12(2)11-14(13)27-16(15)20-18(22)26-10-8-21-7-9-25-19(21)24/h3,12H,1,4-11H2,2H3. The van der Waals surface area contributed by atoms with Gasteiger partial charge in [0.05, 0.1) is 11.9 Å². The Bertz CT molecular complexity index is 950. The Kier molecular flexibility index (Phi) is 5.27. The topological polar surface area (TPSA) is 64.4 Å². The van der Waals surface area contributed by atoms with E-state index in [0.29, 0.717) is 43.1 Å². The van der Waals surface area contributed by atoms with E-state index in [-0.39, 0.29) is 11.7 Å². The van der Waals surface area contributed by atoms with E-state index in [1.54, 1.807) is 26.9 Å². The van der Waals surface area contributed by atoms with Crippen molar-refractivity contribution in [2.24, 2.45) is 5.92 Å². The molecule has 0 bridgehead atoms. The number of thioether (sulfide) groups is 1. The van der Waals surface area contributed by atoms with Crippen LogP contribution in [0.15, 0.2) is 22.6 Å². The highest BCUT2D eigenvalue weighted by Gasteiger charge is 2.25. The number of aryl methyl sites for hydroxylation is 1. The van der Waals surface area contributed by atoms with Gasteiger partial charge < -0.3 is 9.64 Å². The number of carbonyl (C=O) groups excluding carboxylic acids is 1. The largest absolute Gasteiger partial charge is 0.448 e. The summed E-state index contributed by atoms with van der Waals surface area (Å²) in [4.78, 5) is 33.5. The van der Waals surface area contributed by atoms with E-state index in [9.17, 15) is 9.59 Å². The zero-order valence-corrected chi connectivity index (χ0v) is 17.0. The molecule has 1 atom stereocenters. The minimum absolute atomic E-state index is 0.0371. The van der Waals surface area contributed by atoms with Gasteiger partial charge in [-0.2, -0.15) is 0 Å². The molecule has 0 aromatic carbocycles. The number of carbonyl (C=O) groups is 1. The first kappa shape index (κ1) is 18.6. The van der Waals surface area contributed by atoms with E-state index in [2.05, 4.69) is 13.5 Å². The summed E-state index contributed by atoms with van der Waals surface area (Å²) < 4.78 is 6.67. The molecule has 1 aliphatic heterocycles. The van der Waals surface area contributed by atoms with Gasteiger partial charge in [-0.05, 0) is 30.7 Å². The SMILES string of the molecule is C=CCn1c(SCCN2CCOC2=O)nc2sc3c(c2c1=O)CCC(C)C3. The molecule has 1 unspecified atom stereocenters. The van der Waals surface area contributed by atoms with E-state index in [1.165, 1.54) is 22.2 Å². The smallest absolute Gasteiger partial charge is 0.409 e. The molecule has 1 saturated heterocycles. The Morgan fingerprint density at radius 2 is 2.30 bits per heavy atom. The maximum absolute atomic E-state index is 13.2. The molecule has 0 spiro atoms. The molecule has 1 fully saturated rings. The zero-order valence-electron chi connectivity index (χ0n) is 15.4. The third-order valence-corrected chi connectivity index (χ3v) is 7.23. The van der Waals surface area contributed by atoms with Crippen LogP contribution in [0.4, 0.5) is 4.79 Å². The first-order valence-corrected chi connectivity index (χ1v) is 11.1. The summed E-state index contributed by atoms with van der Waals surface area (Å²) in [6.45, 7) is 8.17. The molecule has 0 N–H and O–H groups in total. The third-order valence-electron chi connectivity index (χ3n) is 5.13. The highest BCUT2D eigenvalue weighted by Crippen LogP contribution is 2.36. The lowest BCUT2D eigenvalue weighted by Gasteiger charge is -2.17. The van der Waals surface area contributed by atoms with Crippen LogP contribution in [-0.4, -0.2) is 46.0 Å². The van der Waals surface area contributed by atoms with E-state index < -0.39 is 0 Å². The lowest BCUT2D eigenvalue weighted by Crippen LogP contribution is -2.27. The minimum Gasteiger partial charge on any atom is -0.448 e. The van der Waals surface area contributed by atoms with Crippen molar-refractivity contribution in [2.45, 2.75) is 37.9 Å². The average Bonchev–Trinajstić information content (AvgIpc) is 3.20. The van der Waals surface area contributed by atoms with Gasteiger partial charge in [0.15, 0.2) is 5.16 Å². The number of cyclic esters (lactones) is 1. The first-order valence-electron chi connectivity index (χ1n) is 9.29. The number of nitrogens with zero attached hydrogens (tertiary/aromatic N) is 3. The molecule has 4 rings (SSSR count). The van der Waals surface area contributed by atoms with Crippen LogP contribution in [0, 0.1) is 5.92 Å². The van der Waals surface area contributed by atoms with E-state index in [1.807, 2.05) is 0 Å². The number of thiophene rings is 1. The van der Waals surface area contributed by atoms with Gasteiger partial charge in [0, 0.05) is 23.7 Å². The highest BCUT2D eigenvalue weighted by molar-refractivity contribution is 7.99. The van der Waals surface area contributed by atoms with Gasteiger partial charge in [0.2, 0.25) is 0 Å². The second-order valence-corrected chi connectivity index (χ2v) is 9.23. The van der Waals surface area contributed by atoms with Crippen LogP contribution in [0.1, 0.15) is 23.8 Å². The number of aromatic nitrogens is 2. The highest BCUT2D eigenvalue weighted by atomic mass is 32.2. The fourth-order valence-corrected chi connectivity index (χ4v) is 6.08. The number of hydrogen-bond acceptors (Lipinski definition) is 6. The van der Waals surface area contributed by atoms with Crippen molar-refractivity contribution in [1.29, 1.82) is 0 Å². The molecule has 8 heteroatoms. The Morgan fingerprint density at radius 1 is 1.44 bits per heavy atom. The summed E-state index contributed by atoms with van der Waals surface area (Å²) >= 11 is 3.18. The van der Waals surface area contributed by atoms with Crippen LogP contribution in [-0.2, 0) is 24.1 Å². The molecule has 1 aliphatic carbocycles. The maximum Gasteiger partial charge on any atom is 0.409 e. The van der Waals surface area contributed by atoms with Crippen molar-refractivity contribution in [3.63, 3.8) is 0 Å². The second kappa shape index (κ2) is 7.67. The van der Waals surface area contributed by atoms with Gasteiger partial charge in [0.1, 0.15) is 11.4 Å². The third kappa shape index (κ3) is 3.52. The van der Waals surface area contributed by atoms with E-state index in [0.717, 1.165) is 29.5 Å². The molecule has 144 valence electrons. The molecule has 1 amide bonds. The quantitative estimate of drug-likeness (QED) is 0.419. The van der Waals surface area contributed by atoms with Gasteiger partial charge in [-0.25, -0.2) is 9.78 Å². The van der Waals surface area contributed by atoms with Crippen molar-refractivity contribution >= 4 is 39.4 Å². The van der Waals surface area contributed by atoms with Crippen LogP contribution in [0.25, 0.3) is 10.2 Å². The molecule has 3 heterocycles. The van der Waals surface area contributed by atoms with Crippen molar-refractivity contribution in [1.82, 2.24) is 14.5 Å². The normalized spacial score (nSPS) is 19.4. The summed E-state index contributed by atoms with van der Waals surface area (Å²) in [5.41, 5.74) is 1.25. The van der Waals surface area contributed by atoms with Gasteiger partial charge in [-0.15, -0.1) is 17.9 Å². The number of rotatable bonds is 6. The Hall–Kier alpha value is -1.80. The Morgan fingerprint density at radius 3 is 3.04 bits per heavy atom. The molecular formula is C19H23N3O3S2. The Balaban J connectivity index is 1.65. The van der Waals surface area contributed by atoms with Crippen LogP contribution < -0.4 is 5.56 Å². The fourth-order valence-electron chi connectivity index (χ4n) is 3.68.